The van der Waals surface area contributed by atoms with Gasteiger partial charge in [-0.05, 0) is 11.6 Å². The van der Waals surface area contributed by atoms with Crippen LogP contribution in [0, 0.1) is 0 Å². The van der Waals surface area contributed by atoms with Crippen LogP contribution >= 0.6 is 22.9 Å². The Labute approximate surface area is 135 Å². The largest absolute Gasteiger partial charge is 0.244 e. The fraction of sp³-hybridized carbons (Fsp3) is 0.0667. The van der Waals surface area contributed by atoms with E-state index in [0.717, 1.165) is 26.9 Å². The summed E-state index contributed by atoms with van der Waals surface area (Å²) in [5, 5.41) is 14.4. The summed E-state index contributed by atoms with van der Waals surface area (Å²) in [4.78, 5) is 4.87. The first kappa shape index (κ1) is 13.4. The molecule has 0 aliphatic heterocycles. The molecule has 22 heavy (non-hydrogen) atoms. The molecule has 4 rings (SSSR count). The Balaban J connectivity index is 1.70. The van der Waals surface area contributed by atoms with E-state index in [1.165, 1.54) is 11.3 Å². The van der Waals surface area contributed by atoms with Gasteiger partial charge in [-0.3, -0.25) is 0 Å². The molecule has 5 nitrogen and oxygen atoms in total. The average molecular weight is 328 g/mol. The lowest BCUT2D eigenvalue weighted by molar-refractivity contribution is 0.852. The second-order valence-corrected chi connectivity index (χ2v) is 6.09. The number of nitrogens with zero attached hydrogens (tertiary/aromatic N) is 5. The van der Waals surface area contributed by atoms with E-state index in [1.807, 2.05) is 36.4 Å². The van der Waals surface area contributed by atoms with Crippen LogP contribution in [0.4, 0.5) is 0 Å². The highest BCUT2D eigenvalue weighted by atomic mass is 35.5. The number of hydrogen-bond donors (Lipinski definition) is 0. The van der Waals surface area contributed by atoms with Crippen molar-refractivity contribution in [2.45, 2.75) is 6.42 Å². The molecule has 0 aliphatic carbocycles. The third-order valence-corrected chi connectivity index (χ3v) is 4.40. The molecule has 3 heterocycles. The molecular weight excluding hydrogens is 318 g/mol. The van der Waals surface area contributed by atoms with Crippen molar-refractivity contribution in [1.29, 1.82) is 0 Å². The van der Waals surface area contributed by atoms with Crippen molar-refractivity contribution in [1.82, 2.24) is 24.8 Å². The zero-order chi connectivity index (χ0) is 14.9. The van der Waals surface area contributed by atoms with Crippen LogP contribution < -0.4 is 0 Å². The average Bonchev–Trinajstić information content (AvgIpc) is 3.12. The molecule has 0 saturated carbocycles. The van der Waals surface area contributed by atoms with Gasteiger partial charge in [0.15, 0.2) is 5.82 Å². The predicted molar refractivity (Wildman–Crippen MR) is 86.1 cm³/mol. The van der Waals surface area contributed by atoms with Crippen LogP contribution in [0.5, 0.6) is 0 Å². The zero-order valence-electron chi connectivity index (χ0n) is 11.3. The van der Waals surface area contributed by atoms with Crippen LogP contribution in [0.3, 0.4) is 0 Å². The molecule has 0 N–H and O–H groups in total. The van der Waals surface area contributed by atoms with Gasteiger partial charge in [0.1, 0.15) is 10.2 Å². The fourth-order valence-corrected chi connectivity index (χ4v) is 3.13. The van der Waals surface area contributed by atoms with E-state index in [4.69, 9.17) is 11.6 Å². The van der Waals surface area contributed by atoms with Gasteiger partial charge in [-0.1, -0.05) is 59.3 Å². The maximum atomic E-state index is 5.80. The maximum Gasteiger partial charge on any atom is 0.234 e. The van der Waals surface area contributed by atoms with Crippen LogP contribution in [0.25, 0.3) is 15.5 Å². The predicted octanol–water partition coefficient (Wildman–Crippen LogP) is 3.49. The lowest BCUT2D eigenvalue weighted by Crippen LogP contribution is -1.98. The fourth-order valence-electron chi connectivity index (χ4n) is 2.16. The molecule has 0 saturated heterocycles. The van der Waals surface area contributed by atoms with Gasteiger partial charge < -0.3 is 0 Å². The van der Waals surface area contributed by atoms with E-state index >= 15 is 0 Å². The molecule has 7 heteroatoms. The minimum absolute atomic E-state index is 0.482. The Morgan fingerprint density at radius 3 is 2.68 bits per heavy atom. The standard InChI is InChI=1S/C15H10ClN5S/c16-12-7-6-10(9-17-12)8-13-18-19-15-21(13)20-14(22-15)11-4-2-1-3-5-11/h1-7,9H,8H2. The van der Waals surface area contributed by atoms with Gasteiger partial charge in [-0.2, -0.15) is 9.61 Å². The van der Waals surface area contributed by atoms with Crippen LogP contribution in [-0.4, -0.2) is 24.8 Å². The van der Waals surface area contributed by atoms with Gasteiger partial charge in [-0.15, -0.1) is 10.2 Å². The van der Waals surface area contributed by atoms with E-state index in [2.05, 4.69) is 20.3 Å². The van der Waals surface area contributed by atoms with E-state index in [0.29, 0.717) is 11.6 Å². The Morgan fingerprint density at radius 2 is 1.91 bits per heavy atom. The molecule has 108 valence electrons. The smallest absolute Gasteiger partial charge is 0.234 e. The molecule has 0 radical (unpaired) electrons. The van der Waals surface area contributed by atoms with Gasteiger partial charge >= 0.3 is 0 Å². The van der Waals surface area contributed by atoms with Gasteiger partial charge in [0, 0.05) is 18.2 Å². The van der Waals surface area contributed by atoms with E-state index in [9.17, 15) is 0 Å². The van der Waals surface area contributed by atoms with Crippen molar-refractivity contribution in [3.63, 3.8) is 0 Å². The van der Waals surface area contributed by atoms with Gasteiger partial charge in [-0.25, -0.2) is 4.98 Å². The lowest BCUT2D eigenvalue weighted by atomic mass is 10.2. The molecule has 3 aromatic heterocycles. The quantitative estimate of drug-likeness (QED) is 0.540. The zero-order valence-corrected chi connectivity index (χ0v) is 12.9. The summed E-state index contributed by atoms with van der Waals surface area (Å²) in [6, 6.07) is 13.8. The second kappa shape index (κ2) is 5.47. The normalized spacial score (nSPS) is 11.1. The highest BCUT2D eigenvalue weighted by Gasteiger charge is 2.13. The van der Waals surface area contributed by atoms with Crippen LogP contribution in [0.15, 0.2) is 48.7 Å². The minimum atomic E-state index is 0.482. The Morgan fingerprint density at radius 1 is 1.05 bits per heavy atom. The highest BCUT2D eigenvalue weighted by Crippen LogP contribution is 2.25. The number of aromatic nitrogens is 5. The van der Waals surface area contributed by atoms with E-state index in [1.54, 1.807) is 16.8 Å². The Kier molecular flexibility index (Phi) is 3.32. The monoisotopic (exact) mass is 327 g/mol. The Hall–Kier alpha value is -2.31. The van der Waals surface area contributed by atoms with Crippen molar-refractivity contribution >= 4 is 27.9 Å². The summed E-state index contributed by atoms with van der Waals surface area (Å²) < 4.78 is 1.79. The third-order valence-electron chi connectivity index (χ3n) is 3.23. The number of benzene rings is 1. The number of pyridine rings is 1. The number of rotatable bonds is 3. The molecule has 0 bridgehead atoms. The molecular formula is C15H10ClN5S. The summed E-state index contributed by atoms with van der Waals surface area (Å²) in [7, 11) is 0. The van der Waals surface area contributed by atoms with Crippen molar-refractivity contribution in [2.24, 2.45) is 0 Å². The summed E-state index contributed by atoms with van der Waals surface area (Å²) in [5.74, 6) is 0.789. The van der Waals surface area contributed by atoms with Crippen LogP contribution in [-0.2, 0) is 6.42 Å². The van der Waals surface area contributed by atoms with Crippen molar-refractivity contribution in [3.05, 3.63) is 65.2 Å². The Bertz CT molecular complexity index is 914. The number of hydrogen-bond acceptors (Lipinski definition) is 5. The third kappa shape index (κ3) is 2.47. The summed E-state index contributed by atoms with van der Waals surface area (Å²) in [5.41, 5.74) is 2.10. The molecule has 4 aromatic rings. The van der Waals surface area contributed by atoms with Gasteiger partial charge in [0.2, 0.25) is 4.96 Å². The molecule has 0 atom stereocenters. The maximum absolute atomic E-state index is 5.80. The van der Waals surface area contributed by atoms with E-state index in [-0.39, 0.29) is 0 Å². The van der Waals surface area contributed by atoms with Crippen molar-refractivity contribution in [2.75, 3.05) is 0 Å². The van der Waals surface area contributed by atoms with Crippen molar-refractivity contribution in [3.8, 4) is 10.6 Å². The molecule has 0 fully saturated rings. The first-order chi connectivity index (χ1) is 10.8. The van der Waals surface area contributed by atoms with Crippen LogP contribution in [0.2, 0.25) is 5.15 Å². The summed E-state index contributed by atoms with van der Waals surface area (Å²) in [6.07, 6.45) is 2.36. The van der Waals surface area contributed by atoms with Gasteiger partial charge in [0.25, 0.3) is 0 Å². The summed E-state index contributed by atoms with van der Waals surface area (Å²) in [6.45, 7) is 0. The molecule has 1 aromatic carbocycles. The highest BCUT2D eigenvalue weighted by molar-refractivity contribution is 7.19. The SMILES string of the molecule is Clc1ccc(Cc2nnc3sc(-c4ccccc4)nn23)cn1. The molecule has 0 unspecified atom stereocenters. The first-order valence-electron chi connectivity index (χ1n) is 6.66. The molecule has 0 spiro atoms. The number of fused-ring (bicyclic) bond motifs is 1. The van der Waals surface area contributed by atoms with Crippen LogP contribution in [0.1, 0.15) is 11.4 Å². The van der Waals surface area contributed by atoms with Gasteiger partial charge in [0.05, 0.1) is 0 Å². The topological polar surface area (TPSA) is 56.0 Å². The summed E-state index contributed by atoms with van der Waals surface area (Å²) >= 11 is 7.33. The lowest BCUT2D eigenvalue weighted by Gasteiger charge is -1.98. The number of halogens is 1. The molecule has 0 amide bonds. The minimum Gasteiger partial charge on any atom is -0.244 e. The van der Waals surface area contributed by atoms with E-state index < -0.39 is 0 Å². The first-order valence-corrected chi connectivity index (χ1v) is 7.86. The second-order valence-electron chi connectivity index (χ2n) is 4.75. The molecule has 0 aliphatic rings. The van der Waals surface area contributed by atoms with Crippen molar-refractivity contribution < 1.29 is 0 Å².